The zero-order valence-electron chi connectivity index (χ0n) is 17.0. The van der Waals surface area contributed by atoms with E-state index in [4.69, 9.17) is 15.9 Å². The molecule has 4 N–H and O–H groups in total. The number of rotatable bonds is 18. The van der Waals surface area contributed by atoms with E-state index in [0.717, 1.165) is 32.4 Å². The molecule has 24 heavy (non-hydrogen) atoms. The quantitative estimate of drug-likeness (QED) is 0.248. The molecule has 0 aromatic heterocycles. The summed E-state index contributed by atoms with van der Waals surface area (Å²) >= 11 is 0. The van der Waals surface area contributed by atoms with Gasteiger partial charge in [0.05, 0.1) is 0 Å². The number of unbranched alkanes of at least 4 members (excludes halogenated alkanes) is 9. The summed E-state index contributed by atoms with van der Waals surface area (Å²) in [4.78, 5) is 0. The summed E-state index contributed by atoms with van der Waals surface area (Å²) in [6.07, 6.45) is 17.0. The fourth-order valence-corrected chi connectivity index (χ4v) is 4.97. The van der Waals surface area contributed by atoms with Gasteiger partial charge in [0, 0.05) is 12.6 Å². The maximum absolute atomic E-state index is 6.22. The second-order valence-corrected chi connectivity index (χ2v) is 12.3. The Morgan fingerprint density at radius 1 is 0.792 bits per heavy atom. The SMILES string of the molecule is CCCCCCCCCCCCO[Si](C)(C)CCC(N)CCCN. The average molecular weight is 359 g/mol. The van der Waals surface area contributed by atoms with Gasteiger partial charge in [-0.05, 0) is 51.4 Å². The molecular formula is C20H46N2OSi. The molecule has 146 valence electrons. The first-order valence-electron chi connectivity index (χ1n) is 10.6. The molecule has 0 aromatic carbocycles. The number of hydrogen-bond donors (Lipinski definition) is 2. The van der Waals surface area contributed by atoms with E-state index in [1.165, 1.54) is 70.3 Å². The molecule has 0 aliphatic rings. The fourth-order valence-electron chi connectivity index (χ4n) is 3.07. The third kappa shape index (κ3) is 16.9. The molecule has 0 bridgehead atoms. The van der Waals surface area contributed by atoms with Crippen LogP contribution in [0.15, 0.2) is 0 Å². The molecule has 3 nitrogen and oxygen atoms in total. The van der Waals surface area contributed by atoms with Gasteiger partial charge in [-0.2, -0.15) is 0 Å². The van der Waals surface area contributed by atoms with Crippen LogP contribution in [-0.2, 0) is 4.43 Å². The molecule has 0 heterocycles. The van der Waals surface area contributed by atoms with Crippen LogP contribution in [0.4, 0.5) is 0 Å². The predicted octanol–water partition coefficient (Wildman–Crippen LogP) is 5.59. The summed E-state index contributed by atoms with van der Waals surface area (Å²) < 4.78 is 6.22. The zero-order valence-corrected chi connectivity index (χ0v) is 18.0. The van der Waals surface area contributed by atoms with Crippen LogP contribution in [0, 0.1) is 0 Å². The maximum Gasteiger partial charge on any atom is 0.186 e. The van der Waals surface area contributed by atoms with Crippen molar-refractivity contribution in [2.75, 3.05) is 13.2 Å². The van der Waals surface area contributed by atoms with E-state index in [2.05, 4.69) is 20.0 Å². The Bertz CT molecular complexity index is 262. The highest BCUT2D eigenvalue weighted by atomic mass is 28.4. The van der Waals surface area contributed by atoms with E-state index in [1.54, 1.807) is 0 Å². The lowest BCUT2D eigenvalue weighted by Gasteiger charge is -2.24. The molecule has 1 atom stereocenters. The summed E-state index contributed by atoms with van der Waals surface area (Å²) in [5.41, 5.74) is 11.7. The molecule has 0 rings (SSSR count). The van der Waals surface area contributed by atoms with Gasteiger partial charge in [-0.3, -0.25) is 0 Å². The van der Waals surface area contributed by atoms with Gasteiger partial charge in [-0.15, -0.1) is 0 Å². The van der Waals surface area contributed by atoms with Gasteiger partial charge in [-0.25, -0.2) is 0 Å². The molecule has 0 saturated heterocycles. The van der Waals surface area contributed by atoms with Gasteiger partial charge in [0.15, 0.2) is 8.32 Å². The minimum atomic E-state index is -1.51. The van der Waals surface area contributed by atoms with Crippen molar-refractivity contribution in [3.63, 3.8) is 0 Å². The molecule has 0 fully saturated rings. The van der Waals surface area contributed by atoms with Gasteiger partial charge >= 0.3 is 0 Å². The summed E-state index contributed by atoms with van der Waals surface area (Å²) in [6.45, 7) is 8.65. The first-order chi connectivity index (χ1) is 11.5. The normalized spacial score (nSPS) is 13.4. The second kappa shape index (κ2) is 16.6. The molecule has 0 radical (unpaired) electrons. The molecule has 0 aliphatic heterocycles. The second-order valence-electron chi connectivity index (χ2n) is 8.02. The monoisotopic (exact) mass is 358 g/mol. The summed E-state index contributed by atoms with van der Waals surface area (Å²) in [6, 6.07) is 1.48. The topological polar surface area (TPSA) is 61.3 Å². The Hall–Kier alpha value is 0.0969. The fraction of sp³-hybridized carbons (Fsp3) is 1.00. The maximum atomic E-state index is 6.22. The van der Waals surface area contributed by atoms with Crippen LogP contribution in [0.5, 0.6) is 0 Å². The Labute approximate surface area is 153 Å². The average Bonchev–Trinajstić information content (AvgIpc) is 2.56. The standard InChI is InChI=1S/C20H46N2OSi/c1-4-5-6-7-8-9-10-11-12-13-18-23-24(2,3)19-16-20(22)15-14-17-21/h20H,4-19,21-22H2,1-3H3. The van der Waals surface area contributed by atoms with Gasteiger partial charge in [0.2, 0.25) is 0 Å². The Morgan fingerprint density at radius 2 is 1.33 bits per heavy atom. The molecule has 1 unspecified atom stereocenters. The van der Waals surface area contributed by atoms with Gasteiger partial charge in [0.25, 0.3) is 0 Å². The van der Waals surface area contributed by atoms with E-state index in [1.807, 2.05) is 0 Å². The molecule has 4 heteroatoms. The van der Waals surface area contributed by atoms with Crippen LogP contribution >= 0.6 is 0 Å². The summed E-state index contributed by atoms with van der Waals surface area (Å²) in [7, 11) is -1.51. The van der Waals surface area contributed by atoms with E-state index < -0.39 is 8.32 Å². The lowest BCUT2D eigenvalue weighted by Crippen LogP contribution is -2.33. The molecular weight excluding hydrogens is 312 g/mol. The number of nitrogens with two attached hydrogens (primary N) is 2. The molecule has 0 saturated carbocycles. The van der Waals surface area contributed by atoms with Crippen molar-refractivity contribution in [3.8, 4) is 0 Å². The van der Waals surface area contributed by atoms with Gasteiger partial charge < -0.3 is 15.9 Å². The first kappa shape index (κ1) is 24.1. The molecule has 0 aliphatic carbocycles. The van der Waals surface area contributed by atoms with Crippen molar-refractivity contribution in [2.45, 2.75) is 116 Å². The van der Waals surface area contributed by atoms with Crippen molar-refractivity contribution in [1.82, 2.24) is 0 Å². The van der Waals surface area contributed by atoms with Crippen molar-refractivity contribution < 1.29 is 4.43 Å². The molecule has 0 aromatic rings. The summed E-state index contributed by atoms with van der Waals surface area (Å²) in [5, 5.41) is 0. The van der Waals surface area contributed by atoms with Gasteiger partial charge in [0.1, 0.15) is 0 Å². The Balaban J connectivity index is 3.41. The van der Waals surface area contributed by atoms with Crippen LogP contribution in [-0.4, -0.2) is 27.5 Å². The van der Waals surface area contributed by atoms with Crippen LogP contribution in [0.2, 0.25) is 19.1 Å². The van der Waals surface area contributed by atoms with E-state index in [-0.39, 0.29) is 0 Å². The lowest BCUT2D eigenvalue weighted by molar-refractivity contribution is 0.292. The smallest absolute Gasteiger partial charge is 0.186 e. The van der Waals surface area contributed by atoms with Crippen LogP contribution in [0.3, 0.4) is 0 Å². The molecule has 0 amide bonds. The highest BCUT2D eigenvalue weighted by molar-refractivity contribution is 6.71. The Kier molecular flexibility index (Phi) is 16.6. The zero-order chi connectivity index (χ0) is 18.1. The minimum Gasteiger partial charge on any atom is -0.417 e. The largest absolute Gasteiger partial charge is 0.417 e. The predicted molar refractivity (Wildman–Crippen MR) is 111 cm³/mol. The van der Waals surface area contributed by atoms with Crippen LogP contribution in [0.25, 0.3) is 0 Å². The highest BCUT2D eigenvalue weighted by Gasteiger charge is 2.22. The molecule has 0 spiro atoms. The summed E-state index contributed by atoms with van der Waals surface area (Å²) in [5.74, 6) is 0. The first-order valence-corrected chi connectivity index (χ1v) is 13.7. The van der Waals surface area contributed by atoms with Gasteiger partial charge in [-0.1, -0.05) is 64.7 Å². The van der Waals surface area contributed by atoms with Crippen molar-refractivity contribution in [1.29, 1.82) is 0 Å². The minimum absolute atomic E-state index is 0.307. The van der Waals surface area contributed by atoms with E-state index in [9.17, 15) is 0 Å². The van der Waals surface area contributed by atoms with Crippen molar-refractivity contribution in [3.05, 3.63) is 0 Å². The van der Waals surface area contributed by atoms with Crippen molar-refractivity contribution in [2.24, 2.45) is 11.5 Å². The lowest BCUT2D eigenvalue weighted by atomic mass is 10.1. The van der Waals surface area contributed by atoms with Crippen molar-refractivity contribution >= 4 is 8.32 Å². The number of hydrogen-bond acceptors (Lipinski definition) is 3. The highest BCUT2D eigenvalue weighted by Crippen LogP contribution is 2.17. The van der Waals surface area contributed by atoms with Crippen LogP contribution < -0.4 is 11.5 Å². The van der Waals surface area contributed by atoms with E-state index in [0.29, 0.717) is 6.04 Å². The Morgan fingerprint density at radius 3 is 1.88 bits per heavy atom. The van der Waals surface area contributed by atoms with E-state index >= 15 is 0 Å². The third-order valence-electron chi connectivity index (χ3n) is 4.89. The third-order valence-corrected chi connectivity index (χ3v) is 7.37. The van der Waals surface area contributed by atoms with Crippen LogP contribution in [0.1, 0.15) is 90.4 Å².